The number of anilines is 2. The molecule has 0 radical (unpaired) electrons. The summed E-state index contributed by atoms with van der Waals surface area (Å²) < 4.78 is 30.1. The number of nitrogens with one attached hydrogen (secondary N) is 1. The van der Waals surface area contributed by atoms with Crippen LogP contribution < -0.4 is 5.32 Å². The van der Waals surface area contributed by atoms with E-state index in [0.29, 0.717) is 18.8 Å². The first kappa shape index (κ1) is 21.0. The van der Waals surface area contributed by atoms with Crippen molar-refractivity contribution in [3.8, 4) is 0 Å². The van der Waals surface area contributed by atoms with Gasteiger partial charge in [0.05, 0.1) is 23.1 Å². The van der Waals surface area contributed by atoms with Gasteiger partial charge in [0, 0.05) is 36.0 Å². The second-order valence-corrected chi connectivity index (χ2v) is 10.3. The molecule has 1 fully saturated rings. The topological polar surface area (TPSA) is 93.0 Å². The minimum atomic E-state index is -3.66. The summed E-state index contributed by atoms with van der Waals surface area (Å²) in [7, 11) is -3.66. The SMILES string of the molecule is CCn1cc(S(=O)(=O)N2CCC[C@@H]2c2cc(Nc3nc(C)cs3)cc(C)n2)c(C)n1. The van der Waals surface area contributed by atoms with Crippen LogP contribution in [0.5, 0.6) is 0 Å². The zero-order chi connectivity index (χ0) is 21.5. The van der Waals surface area contributed by atoms with E-state index in [1.54, 1.807) is 22.1 Å². The average molecular weight is 447 g/mol. The van der Waals surface area contributed by atoms with Crippen molar-refractivity contribution in [3.63, 3.8) is 0 Å². The lowest BCUT2D eigenvalue weighted by atomic mass is 10.1. The Kier molecular flexibility index (Phi) is 5.65. The molecule has 1 N–H and O–H groups in total. The van der Waals surface area contributed by atoms with Crippen LogP contribution in [0.3, 0.4) is 0 Å². The van der Waals surface area contributed by atoms with Crippen LogP contribution >= 0.6 is 11.3 Å². The maximum atomic E-state index is 13.5. The molecule has 0 amide bonds. The second kappa shape index (κ2) is 8.09. The van der Waals surface area contributed by atoms with Gasteiger partial charge in [-0.05, 0) is 52.7 Å². The van der Waals surface area contributed by atoms with Gasteiger partial charge < -0.3 is 5.32 Å². The summed E-state index contributed by atoms with van der Waals surface area (Å²) >= 11 is 1.54. The number of pyridine rings is 1. The molecule has 3 aromatic heterocycles. The third-order valence-electron chi connectivity index (χ3n) is 5.20. The minimum Gasteiger partial charge on any atom is -0.331 e. The molecule has 0 bridgehead atoms. The van der Waals surface area contributed by atoms with E-state index in [-0.39, 0.29) is 10.9 Å². The Hall–Kier alpha value is -2.30. The Morgan fingerprint density at radius 2 is 2.00 bits per heavy atom. The van der Waals surface area contributed by atoms with Gasteiger partial charge in [-0.1, -0.05) is 0 Å². The molecule has 8 nitrogen and oxygen atoms in total. The first-order valence-electron chi connectivity index (χ1n) is 10.0. The maximum absolute atomic E-state index is 13.5. The molecular formula is C20H26N6O2S2. The van der Waals surface area contributed by atoms with E-state index in [0.717, 1.165) is 40.7 Å². The van der Waals surface area contributed by atoms with E-state index < -0.39 is 10.0 Å². The first-order valence-corrected chi connectivity index (χ1v) is 12.3. The first-order chi connectivity index (χ1) is 14.3. The number of nitrogens with zero attached hydrogens (tertiary/aromatic N) is 5. The molecule has 4 heterocycles. The highest BCUT2D eigenvalue weighted by Gasteiger charge is 2.38. The van der Waals surface area contributed by atoms with Crippen molar-refractivity contribution in [2.75, 3.05) is 11.9 Å². The van der Waals surface area contributed by atoms with E-state index in [1.165, 1.54) is 11.3 Å². The van der Waals surface area contributed by atoms with Crippen LogP contribution in [0.1, 0.15) is 48.6 Å². The highest BCUT2D eigenvalue weighted by Crippen LogP contribution is 2.37. The van der Waals surface area contributed by atoms with E-state index >= 15 is 0 Å². The van der Waals surface area contributed by atoms with Crippen molar-refractivity contribution in [1.29, 1.82) is 0 Å². The summed E-state index contributed by atoms with van der Waals surface area (Å²) in [4.78, 5) is 9.41. The van der Waals surface area contributed by atoms with Gasteiger partial charge >= 0.3 is 0 Å². The molecule has 10 heteroatoms. The molecule has 1 atom stereocenters. The highest BCUT2D eigenvalue weighted by atomic mass is 32.2. The van der Waals surface area contributed by atoms with E-state index in [1.807, 2.05) is 38.3 Å². The van der Waals surface area contributed by atoms with Crippen molar-refractivity contribution in [1.82, 2.24) is 24.1 Å². The van der Waals surface area contributed by atoms with Crippen LogP contribution in [0.2, 0.25) is 0 Å². The highest BCUT2D eigenvalue weighted by molar-refractivity contribution is 7.89. The Bertz CT molecular complexity index is 1170. The Morgan fingerprint density at radius 3 is 2.67 bits per heavy atom. The third kappa shape index (κ3) is 3.99. The molecule has 30 heavy (non-hydrogen) atoms. The number of hydrogen-bond donors (Lipinski definition) is 1. The number of aryl methyl sites for hydroxylation is 4. The summed E-state index contributed by atoms with van der Waals surface area (Å²) in [6.45, 7) is 8.67. The Labute approximate surface area is 181 Å². The molecule has 0 unspecified atom stereocenters. The van der Waals surface area contributed by atoms with Gasteiger partial charge in [-0.25, -0.2) is 13.4 Å². The molecule has 0 aliphatic carbocycles. The zero-order valence-corrected chi connectivity index (χ0v) is 19.2. The van der Waals surface area contributed by atoms with Crippen LogP contribution in [0.4, 0.5) is 10.8 Å². The quantitative estimate of drug-likeness (QED) is 0.616. The molecule has 0 aromatic carbocycles. The lowest BCUT2D eigenvalue weighted by Gasteiger charge is -2.24. The molecule has 0 spiro atoms. The largest absolute Gasteiger partial charge is 0.331 e. The molecule has 1 aliphatic rings. The molecule has 1 aliphatic heterocycles. The van der Waals surface area contributed by atoms with Crippen molar-refractivity contribution in [2.45, 2.75) is 58.0 Å². The average Bonchev–Trinajstić information content (AvgIpc) is 3.41. The maximum Gasteiger partial charge on any atom is 0.247 e. The number of aromatic nitrogens is 4. The molecule has 160 valence electrons. The smallest absolute Gasteiger partial charge is 0.247 e. The summed E-state index contributed by atoms with van der Waals surface area (Å²) in [5.74, 6) is 0. The number of hydrogen-bond acceptors (Lipinski definition) is 7. The van der Waals surface area contributed by atoms with E-state index in [4.69, 9.17) is 0 Å². The minimum absolute atomic E-state index is 0.278. The molecule has 4 rings (SSSR count). The fourth-order valence-corrected chi connectivity index (χ4v) is 6.38. The van der Waals surface area contributed by atoms with Gasteiger partial charge in [0.15, 0.2) is 5.13 Å². The van der Waals surface area contributed by atoms with Gasteiger partial charge in [-0.2, -0.15) is 9.40 Å². The van der Waals surface area contributed by atoms with Gasteiger partial charge in [-0.15, -0.1) is 11.3 Å². The third-order valence-corrected chi connectivity index (χ3v) is 8.09. The molecule has 0 saturated carbocycles. The van der Waals surface area contributed by atoms with E-state index in [2.05, 4.69) is 20.4 Å². The van der Waals surface area contributed by atoms with Gasteiger partial charge in [0.1, 0.15) is 4.90 Å². The zero-order valence-electron chi connectivity index (χ0n) is 17.6. The number of thiazole rings is 1. The fourth-order valence-electron chi connectivity index (χ4n) is 3.84. The standard InChI is InChI=1S/C20H26N6O2S2/c1-5-25-11-19(15(4)24-25)30(27,28)26-8-6-7-18(26)17-10-16(9-13(2)21-17)23-20-22-14(3)12-29-20/h9-12,18H,5-8H2,1-4H3,(H,21,22,23)/t18-/m1/s1. The van der Waals surface area contributed by atoms with Crippen molar-refractivity contribution in [3.05, 3.63) is 46.5 Å². The van der Waals surface area contributed by atoms with Crippen LogP contribution in [-0.4, -0.2) is 39.0 Å². The number of sulfonamides is 1. The van der Waals surface area contributed by atoms with Crippen LogP contribution in [0.15, 0.2) is 28.6 Å². The van der Waals surface area contributed by atoms with Crippen molar-refractivity contribution < 1.29 is 8.42 Å². The lowest BCUT2D eigenvalue weighted by Crippen LogP contribution is -2.31. The normalized spacial score (nSPS) is 17.5. The predicted molar refractivity (Wildman–Crippen MR) is 118 cm³/mol. The predicted octanol–water partition coefficient (Wildman–Crippen LogP) is 3.95. The van der Waals surface area contributed by atoms with Crippen molar-refractivity contribution in [2.24, 2.45) is 0 Å². The summed E-state index contributed by atoms with van der Waals surface area (Å²) in [5, 5.41) is 10.4. The molecule has 3 aromatic rings. The van der Waals surface area contributed by atoms with Gasteiger partial charge in [0.2, 0.25) is 10.0 Å². The van der Waals surface area contributed by atoms with Crippen LogP contribution in [0, 0.1) is 20.8 Å². The molecular weight excluding hydrogens is 420 g/mol. The summed E-state index contributed by atoms with van der Waals surface area (Å²) in [6.07, 6.45) is 3.17. The Balaban J connectivity index is 1.67. The number of rotatable bonds is 6. The molecule has 1 saturated heterocycles. The van der Waals surface area contributed by atoms with E-state index in [9.17, 15) is 8.42 Å². The van der Waals surface area contributed by atoms with Crippen LogP contribution in [-0.2, 0) is 16.6 Å². The van der Waals surface area contributed by atoms with Crippen molar-refractivity contribution >= 4 is 32.2 Å². The van der Waals surface area contributed by atoms with Crippen LogP contribution in [0.25, 0.3) is 0 Å². The monoisotopic (exact) mass is 446 g/mol. The van der Waals surface area contributed by atoms with Gasteiger partial charge in [-0.3, -0.25) is 9.67 Å². The Morgan fingerprint density at radius 1 is 1.20 bits per heavy atom. The second-order valence-electron chi connectivity index (χ2n) is 7.55. The summed E-state index contributed by atoms with van der Waals surface area (Å²) in [5.41, 5.74) is 3.95. The summed E-state index contributed by atoms with van der Waals surface area (Å²) in [6, 6.07) is 3.59. The fraction of sp³-hybridized carbons (Fsp3) is 0.450. The lowest BCUT2D eigenvalue weighted by molar-refractivity contribution is 0.390. The van der Waals surface area contributed by atoms with Gasteiger partial charge in [0.25, 0.3) is 0 Å².